The number of methoxy groups -OCH3 is 1. The van der Waals surface area contributed by atoms with Crippen molar-refractivity contribution < 1.29 is 17.9 Å². The highest BCUT2D eigenvalue weighted by Gasteiger charge is 2.25. The summed E-state index contributed by atoms with van der Waals surface area (Å²) in [5.41, 5.74) is 10.5. The molecular formula is C25H24N2O4S2. The first-order chi connectivity index (χ1) is 15.7. The summed E-state index contributed by atoms with van der Waals surface area (Å²) in [7, 11) is -2.03. The Balaban J connectivity index is 1.65. The molecule has 3 aromatic rings. The van der Waals surface area contributed by atoms with E-state index in [2.05, 4.69) is 5.32 Å². The van der Waals surface area contributed by atoms with Gasteiger partial charge >= 0.3 is 0 Å². The Hall–Kier alpha value is -3.23. The van der Waals surface area contributed by atoms with Gasteiger partial charge in [0.2, 0.25) is 0 Å². The Morgan fingerprint density at radius 2 is 1.79 bits per heavy atom. The molecule has 33 heavy (non-hydrogen) atoms. The van der Waals surface area contributed by atoms with Crippen LogP contribution in [-0.2, 0) is 20.4 Å². The van der Waals surface area contributed by atoms with E-state index in [9.17, 15) is 13.2 Å². The molecule has 0 fully saturated rings. The molecule has 3 aromatic carbocycles. The van der Waals surface area contributed by atoms with Crippen LogP contribution >= 0.6 is 11.8 Å². The summed E-state index contributed by atoms with van der Waals surface area (Å²) in [4.78, 5) is 13.9. The highest BCUT2D eigenvalue weighted by Crippen LogP contribution is 2.40. The molecule has 0 bridgehead atoms. The third-order valence-corrected chi connectivity index (χ3v) is 8.26. The molecule has 0 aromatic heterocycles. The van der Waals surface area contributed by atoms with E-state index in [4.69, 9.17) is 10.5 Å². The lowest BCUT2D eigenvalue weighted by Crippen LogP contribution is -2.18. The minimum absolute atomic E-state index is 0.0743. The Bertz CT molecular complexity index is 1380. The number of anilines is 2. The van der Waals surface area contributed by atoms with E-state index in [1.54, 1.807) is 42.5 Å². The summed E-state index contributed by atoms with van der Waals surface area (Å²) in [5.74, 6) is 0.227. The van der Waals surface area contributed by atoms with Crippen LogP contribution < -0.4 is 15.8 Å². The van der Waals surface area contributed by atoms with Crippen molar-refractivity contribution in [2.24, 2.45) is 0 Å². The largest absolute Gasteiger partial charge is 0.495 e. The SMILES string of the molecule is COc1ccc(C=C2Sc3cc(S(=O)(=O)Cc4c(C)cccc4C)ccc3NC2=O)cc1N. The summed E-state index contributed by atoms with van der Waals surface area (Å²) in [6.07, 6.45) is 1.72. The third kappa shape index (κ3) is 4.77. The van der Waals surface area contributed by atoms with Crippen molar-refractivity contribution >= 4 is 45.0 Å². The van der Waals surface area contributed by atoms with E-state index >= 15 is 0 Å². The molecule has 170 valence electrons. The van der Waals surface area contributed by atoms with Crippen molar-refractivity contribution in [2.45, 2.75) is 29.4 Å². The van der Waals surface area contributed by atoms with E-state index in [-0.39, 0.29) is 16.6 Å². The second-order valence-corrected chi connectivity index (χ2v) is 10.9. The normalized spacial score (nSPS) is 14.6. The number of nitrogens with one attached hydrogen (secondary N) is 1. The fourth-order valence-electron chi connectivity index (χ4n) is 3.67. The van der Waals surface area contributed by atoms with E-state index in [1.807, 2.05) is 32.0 Å². The molecule has 1 aliphatic rings. The molecule has 0 saturated heterocycles. The van der Waals surface area contributed by atoms with Crippen LogP contribution in [0.5, 0.6) is 5.75 Å². The van der Waals surface area contributed by atoms with Gasteiger partial charge in [-0.2, -0.15) is 0 Å². The van der Waals surface area contributed by atoms with Crippen LogP contribution in [0.2, 0.25) is 0 Å². The maximum absolute atomic E-state index is 13.2. The van der Waals surface area contributed by atoms with Crippen LogP contribution in [0, 0.1) is 13.8 Å². The average molecular weight is 481 g/mol. The molecule has 4 rings (SSSR count). The van der Waals surface area contributed by atoms with Gasteiger partial charge in [-0.05, 0) is 72.5 Å². The van der Waals surface area contributed by atoms with Crippen molar-refractivity contribution in [3.8, 4) is 5.75 Å². The molecule has 6 nitrogen and oxygen atoms in total. The molecule has 3 N–H and O–H groups in total. The number of thioether (sulfide) groups is 1. The van der Waals surface area contributed by atoms with Gasteiger partial charge < -0.3 is 15.8 Å². The zero-order valence-electron chi connectivity index (χ0n) is 18.5. The first-order valence-corrected chi connectivity index (χ1v) is 12.7. The van der Waals surface area contributed by atoms with Crippen LogP contribution in [-0.4, -0.2) is 21.4 Å². The maximum Gasteiger partial charge on any atom is 0.262 e. The molecule has 0 aliphatic carbocycles. The molecule has 1 heterocycles. The van der Waals surface area contributed by atoms with Crippen LogP contribution in [0.3, 0.4) is 0 Å². The van der Waals surface area contributed by atoms with Crippen molar-refractivity contribution in [1.29, 1.82) is 0 Å². The van der Waals surface area contributed by atoms with Gasteiger partial charge in [-0.1, -0.05) is 36.0 Å². The van der Waals surface area contributed by atoms with Gasteiger partial charge in [0.1, 0.15) is 5.75 Å². The summed E-state index contributed by atoms with van der Waals surface area (Å²) in [6.45, 7) is 3.83. The first-order valence-electron chi connectivity index (χ1n) is 10.2. The number of carbonyl (C=O) groups is 1. The van der Waals surface area contributed by atoms with Gasteiger partial charge in [0.15, 0.2) is 9.84 Å². The molecule has 0 atom stereocenters. The lowest BCUT2D eigenvalue weighted by atomic mass is 10.1. The Labute approximate surface area is 197 Å². The van der Waals surface area contributed by atoms with Crippen molar-refractivity contribution in [3.63, 3.8) is 0 Å². The Kier molecular flexibility index (Phi) is 6.23. The van der Waals surface area contributed by atoms with Gasteiger partial charge in [-0.3, -0.25) is 4.79 Å². The minimum atomic E-state index is -3.57. The number of benzene rings is 3. The average Bonchev–Trinajstić information content (AvgIpc) is 2.77. The predicted octanol–water partition coefficient (Wildman–Crippen LogP) is 4.95. The number of hydrogen-bond donors (Lipinski definition) is 2. The number of hydrogen-bond acceptors (Lipinski definition) is 6. The highest BCUT2D eigenvalue weighted by molar-refractivity contribution is 8.04. The summed E-state index contributed by atoms with van der Waals surface area (Å²) in [6, 6.07) is 15.8. The first kappa shape index (κ1) is 22.9. The fourth-order valence-corrected chi connectivity index (χ4v) is 6.31. The number of nitrogens with two attached hydrogens (primary N) is 1. The minimum Gasteiger partial charge on any atom is -0.495 e. The van der Waals surface area contributed by atoms with Gasteiger partial charge in [0.05, 0.1) is 34.0 Å². The number of ether oxygens (including phenoxy) is 1. The van der Waals surface area contributed by atoms with Gasteiger partial charge in [-0.15, -0.1) is 0 Å². The highest BCUT2D eigenvalue weighted by atomic mass is 32.2. The monoisotopic (exact) mass is 480 g/mol. The predicted molar refractivity (Wildman–Crippen MR) is 133 cm³/mol. The summed E-state index contributed by atoms with van der Waals surface area (Å²) < 4.78 is 31.6. The van der Waals surface area contributed by atoms with Crippen molar-refractivity contribution in [2.75, 3.05) is 18.2 Å². The summed E-state index contributed by atoms with van der Waals surface area (Å²) >= 11 is 1.23. The van der Waals surface area contributed by atoms with Crippen molar-refractivity contribution in [1.82, 2.24) is 0 Å². The molecule has 0 saturated carbocycles. The zero-order chi connectivity index (χ0) is 23.8. The number of nitrogen functional groups attached to an aromatic ring is 1. The topological polar surface area (TPSA) is 98.5 Å². The second kappa shape index (κ2) is 8.96. The standard InChI is InChI=1S/C25H24N2O4S2/c1-15-5-4-6-16(2)19(15)14-33(29,30)18-8-9-21-23(13-18)32-24(25(28)27-21)12-17-7-10-22(31-3)20(26)11-17/h4-13H,14,26H2,1-3H3,(H,27,28). The van der Waals surface area contributed by atoms with E-state index < -0.39 is 9.84 Å². The Morgan fingerprint density at radius 3 is 2.45 bits per heavy atom. The number of rotatable bonds is 5. The summed E-state index contributed by atoms with van der Waals surface area (Å²) in [5, 5.41) is 2.84. The second-order valence-electron chi connectivity index (χ2n) is 7.85. The number of carbonyl (C=O) groups excluding carboxylic acids is 1. The van der Waals surface area contributed by atoms with E-state index in [0.29, 0.717) is 26.9 Å². The molecule has 0 radical (unpaired) electrons. The molecule has 1 amide bonds. The quantitative estimate of drug-likeness (QED) is 0.396. The van der Waals surface area contributed by atoms with Crippen LogP contribution in [0.1, 0.15) is 22.3 Å². The lowest BCUT2D eigenvalue weighted by molar-refractivity contribution is -0.112. The van der Waals surface area contributed by atoms with Gasteiger partial charge in [-0.25, -0.2) is 8.42 Å². The molecule has 0 spiro atoms. The van der Waals surface area contributed by atoms with E-state index in [0.717, 1.165) is 22.3 Å². The third-order valence-electron chi connectivity index (χ3n) is 5.53. The van der Waals surface area contributed by atoms with Crippen LogP contribution in [0.25, 0.3) is 6.08 Å². The number of sulfone groups is 1. The lowest BCUT2D eigenvalue weighted by Gasteiger charge is -2.20. The Morgan fingerprint density at radius 1 is 1.06 bits per heavy atom. The molecular weight excluding hydrogens is 456 g/mol. The van der Waals surface area contributed by atoms with Gasteiger partial charge in [0, 0.05) is 4.90 Å². The van der Waals surface area contributed by atoms with Crippen LogP contribution in [0.4, 0.5) is 11.4 Å². The van der Waals surface area contributed by atoms with E-state index in [1.165, 1.54) is 18.9 Å². The molecule has 8 heteroatoms. The zero-order valence-corrected chi connectivity index (χ0v) is 20.1. The number of fused-ring (bicyclic) bond motifs is 1. The number of aryl methyl sites for hydroxylation is 2. The number of amides is 1. The van der Waals surface area contributed by atoms with Gasteiger partial charge in [0.25, 0.3) is 5.91 Å². The van der Waals surface area contributed by atoms with Crippen molar-refractivity contribution in [3.05, 3.63) is 81.8 Å². The fraction of sp³-hybridized carbons (Fsp3) is 0.160. The smallest absolute Gasteiger partial charge is 0.262 e. The molecule has 0 unspecified atom stereocenters. The maximum atomic E-state index is 13.2. The molecule has 1 aliphatic heterocycles. The van der Waals surface area contributed by atoms with Crippen LogP contribution in [0.15, 0.2) is 69.3 Å².